The average Bonchev–Trinajstić information content (AvgIpc) is 2.25. The van der Waals surface area contributed by atoms with Crippen molar-refractivity contribution in [1.29, 1.82) is 0 Å². The molecule has 0 spiro atoms. The summed E-state index contributed by atoms with van der Waals surface area (Å²) in [5.74, 6) is 0.634. The Morgan fingerprint density at radius 2 is 2.28 bits per heavy atom. The van der Waals surface area contributed by atoms with Crippen molar-refractivity contribution in [2.24, 2.45) is 0 Å². The highest BCUT2D eigenvalue weighted by Crippen LogP contribution is 2.23. The van der Waals surface area contributed by atoms with Crippen molar-refractivity contribution in [3.05, 3.63) is 18.0 Å². The van der Waals surface area contributed by atoms with Crippen LogP contribution in [0.25, 0.3) is 0 Å². The fraction of sp³-hybridized carbons (Fsp3) is 0.600. The summed E-state index contributed by atoms with van der Waals surface area (Å²) in [5.41, 5.74) is 0.568. The third-order valence-corrected chi connectivity index (χ3v) is 4.10. The van der Waals surface area contributed by atoms with Crippen LogP contribution in [0.4, 0.5) is 5.95 Å². The molecular weight excluding hydrogens is 274 g/mol. The molecule has 1 aliphatic heterocycles. The molecule has 0 amide bonds. The van der Waals surface area contributed by atoms with Gasteiger partial charge in [0.1, 0.15) is 6.61 Å². The van der Waals surface area contributed by atoms with Crippen molar-refractivity contribution in [1.82, 2.24) is 9.97 Å². The van der Waals surface area contributed by atoms with Gasteiger partial charge in [0.25, 0.3) is 10.1 Å². The van der Waals surface area contributed by atoms with Crippen LogP contribution in [0.2, 0.25) is 0 Å². The molecule has 2 heterocycles. The number of hydrogen-bond donors (Lipinski definition) is 0. The van der Waals surface area contributed by atoms with E-state index in [4.69, 9.17) is 4.18 Å². The van der Waals surface area contributed by atoms with Crippen molar-refractivity contribution < 1.29 is 12.6 Å². The van der Waals surface area contributed by atoms with Crippen LogP contribution in [-0.4, -0.2) is 49.2 Å². The molecule has 0 aromatic carbocycles. The largest absolute Gasteiger partial charge is 0.338 e. The summed E-state index contributed by atoms with van der Waals surface area (Å²) < 4.78 is 26.5. The van der Waals surface area contributed by atoms with E-state index in [0.29, 0.717) is 16.9 Å². The second-order valence-corrected chi connectivity index (χ2v) is 6.86. The monoisotopic (exact) mass is 289 g/mol. The number of aromatic nitrogens is 2. The van der Waals surface area contributed by atoms with Gasteiger partial charge in [-0.2, -0.15) is 20.2 Å². The molecule has 0 radical (unpaired) electrons. The minimum atomic E-state index is -3.44. The van der Waals surface area contributed by atoms with Crippen LogP contribution in [0, 0.1) is 0 Å². The summed E-state index contributed by atoms with van der Waals surface area (Å²) in [7, 11) is -3.44. The number of anilines is 1. The van der Waals surface area contributed by atoms with E-state index in [1.165, 1.54) is 0 Å². The number of rotatable bonds is 5. The molecule has 1 saturated heterocycles. The zero-order valence-electron chi connectivity index (χ0n) is 10.2. The lowest BCUT2D eigenvalue weighted by Gasteiger charge is -2.38. The summed E-state index contributed by atoms with van der Waals surface area (Å²) >= 11 is 1.83. The molecule has 0 N–H and O–H groups in total. The van der Waals surface area contributed by atoms with E-state index in [-0.39, 0.29) is 6.61 Å². The Hall–Kier alpha value is -0.860. The molecular formula is C10H15N3O3S2. The summed E-state index contributed by atoms with van der Waals surface area (Å²) in [6.07, 6.45) is 4.72. The van der Waals surface area contributed by atoms with Crippen molar-refractivity contribution in [2.45, 2.75) is 11.9 Å². The van der Waals surface area contributed by atoms with Crippen LogP contribution in [-0.2, 0) is 20.9 Å². The smallest absolute Gasteiger partial charge is 0.264 e. The lowest BCUT2D eigenvalue weighted by atomic mass is 10.2. The quantitative estimate of drug-likeness (QED) is 0.731. The van der Waals surface area contributed by atoms with Crippen LogP contribution >= 0.6 is 11.8 Å². The molecule has 8 heteroatoms. The van der Waals surface area contributed by atoms with Crippen LogP contribution < -0.4 is 4.90 Å². The fourth-order valence-electron chi connectivity index (χ4n) is 1.54. The minimum Gasteiger partial charge on any atom is -0.338 e. The maximum absolute atomic E-state index is 10.9. The van der Waals surface area contributed by atoms with Gasteiger partial charge in [-0.15, -0.1) is 0 Å². The Morgan fingerprint density at radius 3 is 2.89 bits per heavy atom. The highest BCUT2D eigenvalue weighted by atomic mass is 32.2. The van der Waals surface area contributed by atoms with E-state index >= 15 is 0 Å². The van der Waals surface area contributed by atoms with Crippen molar-refractivity contribution >= 4 is 27.8 Å². The molecule has 2 rings (SSSR count). The first-order chi connectivity index (χ1) is 8.48. The van der Waals surface area contributed by atoms with Gasteiger partial charge in [0.15, 0.2) is 0 Å². The topological polar surface area (TPSA) is 72.4 Å². The van der Waals surface area contributed by atoms with Crippen molar-refractivity contribution in [3.63, 3.8) is 0 Å². The normalized spacial score (nSPS) is 16.7. The highest BCUT2D eigenvalue weighted by Gasteiger charge is 2.27. The molecule has 100 valence electrons. The van der Waals surface area contributed by atoms with Gasteiger partial charge in [-0.05, 0) is 12.3 Å². The molecule has 1 fully saturated rings. The van der Waals surface area contributed by atoms with Gasteiger partial charge in [-0.25, -0.2) is 9.97 Å². The van der Waals surface area contributed by atoms with Gasteiger partial charge in [-0.1, -0.05) is 0 Å². The first-order valence-corrected chi connectivity index (χ1v) is 8.52. The Kier molecular flexibility index (Phi) is 4.08. The molecule has 1 aromatic heterocycles. The Labute approximate surface area is 111 Å². The highest BCUT2D eigenvalue weighted by molar-refractivity contribution is 7.99. The molecule has 0 atom stereocenters. The van der Waals surface area contributed by atoms with E-state index in [1.807, 2.05) is 11.8 Å². The Morgan fingerprint density at radius 1 is 1.56 bits per heavy atom. The van der Waals surface area contributed by atoms with E-state index in [2.05, 4.69) is 21.1 Å². The molecule has 6 nitrogen and oxygen atoms in total. The predicted molar refractivity (Wildman–Crippen MR) is 71.2 cm³/mol. The molecule has 0 aliphatic carbocycles. The Balaban J connectivity index is 1.98. The van der Waals surface area contributed by atoms with E-state index in [9.17, 15) is 8.42 Å². The second kappa shape index (κ2) is 5.41. The summed E-state index contributed by atoms with van der Waals surface area (Å²) in [6.45, 7) is 1.81. The van der Waals surface area contributed by atoms with Gasteiger partial charge < -0.3 is 4.90 Å². The summed E-state index contributed by atoms with van der Waals surface area (Å²) in [4.78, 5) is 10.5. The maximum atomic E-state index is 10.9. The van der Waals surface area contributed by atoms with Crippen molar-refractivity contribution in [3.8, 4) is 0 Å². The standard InChI is InChI=1S/C10H15N3O3S2/c1-17-9-5-13(6-9)10-11-4-3-8(12-10)7-16-18(2,14)15/h3-4,9H,5-7H2,1-2H3. The summed E-state index contributed by atoms with van der Waals surface area (Å²) in [6, 6.07) is 1.65. The second-order valence-electron chi connectivity index (χ2n) is 4.08. The van der Waals surface area contributed by atoms with Crippen molar-refractivity contribution in [2.75, 3.05) is 30.5 Å². The molecule has 1 aliphatic rings. The first-order valence-electron chi connectivity index (χ1n) is 5.42. The third kappa shape index (κ3) is 3.56. The van der Waals surface area contributed by atoms with E-state index in [1.54, 1.807) is 12.3 Å². The van der Waals surface area contributed by atoms with E-state index < -0.39 is 10.1 Å². The van der Waals surface area contributed by atoms with Crippen LogP contribution in [0.5, 0.6) is 0 Å². The van der Waals surface area contributed by atoms with Gasteiger partial charge in [0.05, 0.1) is 11.9 Å². The van der Waals surface area contributed by atoms with E-state index in [0.717, 1.165) is 19.3 Å². The van der Waals surface area contributed by atoms with Gasteiger partial charge in [-0.3, -0.25) is 4.18 Å². The predicted octanol–water partition coefficient (Wildman–Crippen LogP) is 0.504. The molecule has 1 aromatic rings. The lowest BCUT2D eigenvalue weighted by Crippen LogP contribution is -2.49. The van der Waals surface area contributed by atoms with Gasteiger partial charge in [0.2, 0.25) is 5.95 Å². The number of hydrogen-bond acceptors (Lipinski definition) is 7. The SMILES string of the molecule is CSC1CN(c2nccc(COS(C)(=O)=O)n2)C1. The minimum absolute atomic E-state index is 0.0475. The molecule has 0 saturated carbocycles. The number of nitrogens with zero attached hydrogens (tertiary/aromatic N) is 3. The zero-order valence-corrected chi connectivity index (χ0v) is 11.9. The van der Waals surface area contributed by atoms with Crippen LogP contribution in [0.1, 0.15) is 5.69 Å². The Bertz CT molecular complexity index is 515. The number of thioether (sulfide) groups is 1. The first kappa shape index (κ1) is 13.6. The fourth-order valence-corrected chi connectivity index (χ4v) is 2.53. The van der Waals surface area contributed by atoms with Crippen LogP contribution in [0.15, 0.2) is 12.3 Å². The third-order valence-electron chi connectivity index (χ3n) is 2.59. The van der Waals surface area contributed by atoms with Gasteiger partial charge >= 0.3 is 0 Å². The molecule has 18 heavy (non-hydrogen) atoms. The van der Waals surface area contributed by atoms with Crippen LogP contribution in [0.3, 0.4) is 0 Å². The maximum Gasteiger partial charge on any atom is 0.264 e. The lowest BCUT2D eigenvalue weighted by molar-refractivity contribution is 0.307. The average molecular weight is 289 g/mol. The molecule has 0 bridgehead atoms. The zero-order chi connectivity index (χ0) is 13.2. The van der Waals surface area contributed by atoms with Gasteiger partial charge in [0, 0.05) is 24.5 Å². The summed E-state index contributed by atoms with van der Waals surface area (Å²) in [5, 5.41) is 0.629. The molecule has 0 unspecified atom stereocenters.